The number of fused-ring (bicyclic) bond motifs is 1. The fourth-order valence-corrected chi connectivity index (χ4v) is 5.22. The lowest BCUT2D eigenvalue weighted by Gasteiger charge is -2.57. The molecule has 1 aliphatic heterocycles. The molecule has 0 aromatic heterocycles. The summed E-state index contributed by atoms with van der Waals surface area (Å²) in [6.45, 7) is 3.25. The van der Waals surface area contributed by atoms with E-state index < -0.39 is 0 Å². The Kier molecular flexibility index (Phi) is 3.27. The minimum atomic E-state index is -0.103. The van der Waals surface area contributed by atoms with Crippen molar-refractivity contribution in [3.05, 3.63) is 34.5 Å². The van der Waals surface area contributed by atoms with E-state index >= 15 is 0 Å². The first-order chi connectivity index (χ1) is 10.7. The third kappa shape index (κ3) is 1.87. The van der Waals surface area contributed by atoms with Gasteiger partial charge in [-0.25, -0.2) is 0 Å². The number of benzene rings is 1. The topological polar surface area (TPSA) is 53.8 Å². The number of nitrogens with one attached hydrogen (secondary N) is 1. The summed E-state index contributed by atoms with van der Waals surface area (Å²) in [5.41, 5.74) is 2.38. The highest BCUT2D eigenvalue weighted by molar-refractivity contribution is 5.81. The van der Waals surface area contributed by atoms with Crippen molar-refractivity contribution in [2.24, 2.45) is 5.92 Å². The first kappa shape index (κ1) is 14.2. The Morgan fingerprint density at radius 1 is 1.45 bits per heavy atom. The summed E-state index contributed by atoms with van der Waals surface area (Å²) < 4.78 is 5.81. The first-order valence-corrected chi connectivity index (χ1v) is 8.45. The summed E-state index contributed by atoms with van der Waals surface area (Å²) in [6, 6.07) is 6.32. The largest absolute Gasteiger partial charge is 0.634 e. The number of rotatable bonds is 2. The van der Waals surface area contributed by atoms with Gasteiger partial charge in [0, 0.05) is 42.6 Å². The second-order valence-electron chi connectivity index (χ2n) is 7.01. The Balaban J connectivity index is 1.89. The summed E-state index contributed by atoms with van der Waals surface area (Å²) in [7, 11) is 0. The maximum Gasteiger partial charge on any atom is 0.133 e. The van der Waals surface area contributed by atoms with E-state index in [1.807, 2.05) is 19.1 Å². The van der Waals surface area contributed by atoms with Crippen LogP contribution in [0.3, 0.4) is 0 Å². The number of Topliss-reactive ketones (excluding diaryl/α,β-unsaturated/α-hetero) is 1. The molecule has 1 unspecified atom stereocenters. The quantitative estimate of drug-likeness (QED) is 0.840. The van der Waals surface area contributed by atoms with Gasteiger partial charge in [0.1, 0.15) is 11.5 Å². The highest BCUT2D eigenvalue weighted by Gasteiger charge is 2.56. The molecule has 4 nitrogen and oxygen atoms in total. The molecule has 22 heavy (non-hydrogen) atoms. The number of ketones is 1. The van der Waals surface area contributed by atoms with Crippen molar-refractivity contribution in [2.75, 3.05) is 13.2 Å². The number of hydrogen-bond acceptors (Lipinski definition) is 3. The van der Waals surface area contributed by atoms with Crippen molar-refractivity contribution in [3.63, 3.8) is 0 Å². The molecule has 2 bridgehead atoms. The van der Waals surface area contributed by atoms with E-state index in [4.69, 9.17) is 4.74 Å². The van der Waals surface area contributed by atoms with Crippen LogP contribution in [0, 0.1) is 11.1 Å². The number of hydrogen-bond donors (Lipinski definition) is 1. The summed E-state index contributed by atoms with van der Waals surface area (Å²) in [6.07, 6.45) is 3.78. The number of carbonyl (C=O) groups is 1. The van der Waals surface area contributed by atoms with Crippen molar-refractivity contribution in [3.8, 4) is 5.75 Å². The Morgan fingerprint density at radius 3 is 3.14 bits per heavy atom. The van der Waals surface area contributed by atoms with Gasteiger partial charge in [-0.2, -0.15) is 0 Å². The zero-order chi connectivity index (χ0) is 15.3. The summed E-state index contributed by atoms with van der Waals surface area (Å²) in [5, 5.41) is 12.9. The number of hydroxylamine groups is 2. The van der Waals surface area contributed by atoms with Gasteiger partial charge in [-0.15, -0.1) is 0 Å². The van der Waals surface area contributed by atoms with Gasteiger partial charge in [0.25, 0.3) is 0 Å². The van der Waals surface area contributed by atoms with Gasteiger partial charge in [0.05, 0.1) is 19.2 Å². The van der Waals surface area contributed by atoms with Crippen LogP contribution in [0.15, 0.2) is 18.2 Å². The highest BCUT2D eigenvalue weighted by Crippen LogP contribution is 2.53. The van der Waals surface area contributed by atoms with Gasteiger partial charge in [0.15, 0.2) is 0 Å². The summed E-state index contributed by atoms with van der Waals surface area (Å²) in [4.78, 5) is 12.2. The van der Waals surface area contributed by atoms with E-state index in [2.05, 4.69) is 6.07 Å². The second kappa shape index (κ2) is 5.07. The monoisotopic (exact) mass is 301 g/mol. The molecule has 2 aliphatic carbocycles. The molecular weight excluding hydrogens is 278 g/mol. The van der Waals surface area contributed by atoms with Crippen LogP contribution in [0.5, 0.6) is 5.75 Å². The molecular formula is C18H23NO3. The lowest BCUT2D eigenvalue weighted by Crippen LogP contribution is -3.15. The summed E-state index contributed by atoms with van der Waals surface area (Å²) >= 11 is 0. The van der Waals surface area contributed by atoms with Crippen molar-refractivity contribution >= 4 is 5.78 Å². The second-order valence-corrected chi connectivity index (χ2v) is 7.01. The maximum absolute atomic E-state index is 12.5. The van der Waals surface area contributed by atoms with Crippen LogP contribution in [0.2, 0.25) is 0 Å². The van der Waals surface area contributed by atoms with Crippen molar-refractivity contribution in [1.29, 1.82) is 0 Å². The van der Waals surface area contributed by atoms with Gasteiger partial charge in [-0.05, 0) is 25.0 Å². The van der Waals surface area contributed by atoms with Crippen LogP contribution in [0.4, 0.5) is 0 Å². The third-order valence-corrected chi connectivity index (χ3v) is 6.07. The van der Waals surface area contributed by atoms with Gasteiger partial charge in [0.2, 0.25) is 0 Å². The average Bonchev–Trinajstić information content (AvgIpc) is 2.51. The zero-order valence-corrected chi connectivity index (χ0v) is 13.1. The molecule has 4 rings (SSSR count). The van der Waals surface area contributed by atoms with Gasteiger partial charge < -0.3 is 15.0 Å². The highest BCUT2D eigenvalue weighted by atomic mass is 16.5. The lowest BCUT2D eigenvalue weighted by molar-refractivity contribution is -0.889. The average molecular weight is 301 g/mol. The van der Waals surface area contributed by atoms with Gasteiger partial charge in [-0.1, -0.05) is 12.1 Å². The fraction of sp³-hybridized carbons (Fsp3) is 0.611. The number of quaternary nitrogens is 1. The Bertz CT molecular complexity index is 614. The maximum atomic E-state index is 12.5. The molecule has 1 heterocycles. The van der Waals surface area contributed by atoms with Gasteiger partial charge >= 0.3 is 0 Å². The molecule has 3 aliphatic rings. The molecule has 1 saturated carbocycles. The molecule has 1 aromatic carbocycles. The van der Waals surface area contributed by atoms with E-state index in [0.717, 1.165) is 25.0 Å². The minimum Gasteiger partial charge on any atom is -0.634 e. The molecule has 118 valence electrons. The number of piperidine rings is 1. The predicted octanol–water partition coefficient (Wildman–Crippen LogP) is 1.40. The zero-order valence-electron chi connectivity index (χ0n) is 13.1. The van der Waals surface area contributed by atoms with Crippen LogP contribution in [0.1, 0.15) is 43.7 Å². The van der Waals surface area contributed by atoms with E-state index in [1.54, 1.807) is 0 Å². The Morgan fingerprint density at radius 2 is 2.32 bits per heavy atom. The molecule has 2 fully saturated rings. The van der Waals surface area contributed by atoms with Crippen LogP contribution >= 0.6 is 0 Å². The molecule has 0 radical (unpaired) electrons. The van der Waals surface area contributed by atoms with Crippen LogP contribution in [0.25, 0.3) is 0 Å². The molecule has 1 saturated heterocycles. The number of carbonyl (C=O) groups excluding carboxylic acids is 1. The standard InChI is InChI=1S/C18H23NO3/c1-2-22-17-5-3-4-14-13(17)10-16-15-7-6-12(20)11-18(14,15)8-9-19(16)21/h3-5,15-16,19H,2,6-11H2,1H3/t15-,16+,18+/m0/s1. The molecule has 0 amide bonds. The lowest BCUT2D eigenvalue weighted by atomic mass is 9.52. The molecule has 4 heteroatoms. The molecule has 1 aromatic rings. The molecule has 0 spiro atoms. The molecule has 4 atom stereocenters. The van der Waals surface area contributed by atoms with E-state index in [1.165, 1.54) is 11.1 Å². The minimum absolute atomic E-state index is 0.0935. The molecule has 1 N–H and O–H groups in total. The smallest absolute Gasteiger partial charge is 0.133 e. The predicted molar refractivity (Wildman–Crippen MR) is 82.9 cm³/mol. The van der Waals surface area contributed by atoms with Crippen LogP contribution in [-0.4, -0.2) is 25.0 Å². The van der Waals surface area contributed by atoms with Crippen molar-refractivity contribution < 1.29 is 14.6 Å². The van der Waals surface area contributed by atoms with Crippen LogP contribution < -0.4 is 9.80 Å². The SMILES string of the molecule is CCOc1cccc2c1C[C@@H]1[C@@H]3CCC(=O)C[C@]23CC[NH+]1[O-]. The third-order valence-electron chi connectivity index (χ3n) is 6.07. The van der Waals surface area contributed by atoms with Gasteiger partial charge in [-0.3, -0.25) is 4.79 Å². The van der Waals surface area contributed by atoms with E-state index in [0.29, 0.717) is 42.8 Å². The Labute approximate surface area is 131 Å². The first-order valence-electron chi connectivity index (χ1n) is 8.45. The normalized spacial score (nSPS) is 36.5. The number of ether oxygens (including phenoxy) is 1. The van der Waals surface area contributed by atoms with E-state index in [-0.39, 0.29) is 11.5 Å². The Hall–Kier alpha value is -1.39. The fourth-order valence-electron chi connectivity index (χ4n) is 5.22. The summed E-state index contributed by atoms with van der Waals surface area (Å²) in [5.74, 6) is 1.63. The van der Waals surface area contributed by atoms with E-state index in [9.17, 15) is 10.0 Å². The van der Waals surface area contributed by atoms with Crippen LogP contribution in [-0.2, 0) is 16.6 Å². The van der Waals surface area contributed by atoms with Crippen molar-refractivity contribution in [2.45, 2.75) is 50.5 Å². The van der Waals surface area contributed by atoms with Crippen molar-refractivity contribution in [1.82, 2.24) is 0 Å².